The number of halogens is 1. The Morgan fingerprint density at radius 3 is 2.45 bits per heavy atom. The van der Waals surface area contributed by atoms with E-state index in [0.29, 0.717) is 13.2 Å². The van der Waals surface area contributed by atoms with E-state index in [4.69, 9.17) is 9.47 Å². The monoisotopic (exact) mass is 372 g/mol. The quantitative estimate of drug-likeness (QED) is 0.783. The van der Waals surface area contributed by atoms with Crippen LogP contribution in [0.5, 0.6) is 0 Å². The summed E-state index contributed by atoms with van der Waals surface area (Å²) in [5.41, 5.74) is -0.283. The Labute approximate surface area is 141 Å². The van der Waals surface area contributed by atoms with Gasteiger partial charge in [-0.3, -0.25) is 9.88 Å². The molecular formula is C16H25BrN2O3. The maximum absolute atomic E-state index is 12.6. The summed E-state index contributed by atoms with van der Waals surface area (Å²) in [5, 5.41) is 0. The zero-order valence-electron chi connectivity index (χ0n) is 14.1. The summed E-state index contributed by atoms with van der Waals surface area (Å²) in [6.45, 7) is 10.2. The first-order chi connectivity index (χ1) is 10.0. The van der Waals surface area contributed by atoms with Crippen molar-refractivity contribution in [2.24, 2.45) is 0 Å². The van der Waals surface area contributed by atoms with Crippen LogP contribution < -0.4 is 0 Å². The highest BCUT2D eigenvalue weighted by atomic mass is 79.9. The third-order valence-electron chi connectivity index (χ3n) is 2.94. The summed E-state index contributed by atoms with van der Waals surface area (Å²) in [5.74, 6) is 0. The summed E-state index contributed by atoms with van der Waals surface area (Å²) in [6, 6.07) is 3.74. The zero-order valence-corrected chi connectivity index (χ0v) is 15.7. The van der Waals surface area contributed by atoms with Crippen molar-refractivity contribution in [1.29, 1.82) is 0 Å². The lowest BCUT2D eigenvalue weighted by molar-refractivity contribution is -0.0184. The molecule has 0 aliphatic heterocycles. The smallest absolute Gasteiger partial charge is 0.411 e. The maximum Gasteiger partial charge on any atom is 0.411 e. The van der Waals surface area contributed by atoms with E-state index in [1.165, 1.54) is 0 Å². The van der Waals surface area contributed by atoms with Gasteiger partial charge < -0.3 is 9.47 Å². The lowest BCUT2D eigenvalue weighted by atomic mass is 10.0. The first-order valence-electron chi connectivity index (χ1n) is 7.15. The van der Waals surface area contributed by atoms with Crippen molar-refractivity contribution in [3.63, 3.8) is 0 Å². The van der Waals surface area contributed by atoms with E-state index in [2.05, 4.69) is 20.9 Å². The van der Waals surface area contributed by atoms with Gasteiger partial charge in [0.25, 0.3) is 0 Å². The Bertz CT molecular complexity index is 512. The predicted molar refractivity (Wildman–Crippen MR) is 89.7 cm³/mol. The summed E-state index contributed by atoms with van der Waals surface area (Å²) >= 11 is 3.42. The van der Waals surface area contributed by atoms with Crippen molar-refractivity contribution < 1.29 is 14.3 Å². The van der Waals surface area contributed by atoms with Crippen molar-refractivity contribution in [2.75, 3.05) is 13.7 Å². The molecule has 6 heteroatoms. The molecule has 0 atom stereocenters. The van der Waals surface area contributed by atoms with Crippen LogP contribution in [-0.2, 0) is 16.0 Å². The van der Waals surface area contributed by atoms with Crippen molar-refractivity contribution in [2.45, 2.75) is 52.3 Å². The van der Waals surface area contributed by atoms with Crippen LogP contribution in [0.2, 0.25) is 0 Å². The minimum atomic E-state index is -0.552. The first-order valence-corrected chi connectivity index (χ1v) is 7.94. The summed E-state index contributed by atoms with van der Waals surface area (Å²) < 4.78 is 11.7. The topological polar surface area (TPSA) is 51.7 Å². The van der Waals surface area contributed by atoms with Gasteiger partial charge in [-0.15, -0.1) is 0 Å². The number of nitrogens with zero attached hydrogens (tertiary/aromatic N) is 2. The number of pyridine rings is 1. The average Bonchev–Trinajstić information content (AvgIpc) is 2.33. The molecule has 0 spiro atoms. The molecule has 1 heterocycles. The molecular weight excluding hydrogens is 348 g/mol. The third-order valence-corrected chi connectivity index (χ3v) is 3.43. The van der Waals surface area contributed by atoms with Crippen LogP contribution in [-0.4, -0.2) is 40.8 Å². The highest BCUT2D eigenvalue weighted by molar-refractivity contribution is 9.10. The standard InChI is InChI=1S/C16H25BrN2O3/c1-15(2,3)22-14(20)19(16(4,5)11-21-6)10-13-9-12(17)7-8-18-13/h7-9H,10-11H2,1-6H3. The number of carbonyl (C=O) groups is 1. The number of hydrogen-bond donors (Lipinski definition) is 0. The molecule has 0 radical (unpaired) electrons. The predicted octanol–water partition coefficient (Wildman–Crippen LogP) is 4.01. The molecule has 1 rings (SSSR count). The maximum atomic E-state index is 12.6. The Balaban J connectivity index is 3.03. The lowest BCUT2D eigenvalue weighted by Gasteiger charge is -2.38. The van der Waals surface area contributed by atoms with Crippen molar-refractivity contribution in [1.82, 2.24) is 9.88 Å². The zero-order chi connectivity index (χ0) is 17.0. The van der Waals surface area contributed by atoms with E-state index in [0.717, 1.165) is 10.2 Å². The molecule has 0 aromatic carbocycles. The molecule has 1 amide bonds. The Morgan fingerprint density at radius 1 is 1.32 bits per heavy atom. The normalized spacial score (nSPS) is 12.1. The molecule has 5 nitrogen and oxygen atoms in total. The Morgan fingerprint density at radius 2 is 1.95 bits per heavy atom. The van der Waals surface area contributed by atoms with Crippen LogP contribution in [0.4, 0.5) is 4.79 Å². The van der Waals surface area contributed by atoms with Gasteiger partial charge in [0.15, 0.2) is 0 Å². The van der Waals surface area contributed by atoms with Gasteiger partial charge in [0, 0.05) is 17.8 Å². The van der Waals surface area contributed by atoms with E-state index in [9.17, 15) is 4.79 Å². The largest absolute Gasteiger partial charge is 0.444 e. The fourth-order valence-corrected chi connectivity index (χ4v) is 2.35. The molecule has 0 saturated heterocycles. The minimum Gasteiger partial charge on any atom is -0.444 e. The Kier molecular flexibility index (Phi) is 6.38. The van der Waals surface area contributed by atoms with Crippen molar-refractivity contribution in [3.05, 3.63) is 28.5 Å². The van der Waals surface area contributed by atoms with Gasteiger partial charge in [-0.2, -0.15) is 0 Å². The van der Waals surface area contributed by atoms with E-state index in [1.54, 1.807) is 18.2 Å². The summed E-state index contributed by atoms with van der Waals surface area (Å²) in [4.78, 5) is 18.5. The van der Waals surface area contributed by atoms with Crippen LogP contribution in [0.15, 0.2) is 22.8 Å². The van der Waals surface area contributed by atoms with Gasteiger partial charge in [0.05, 0.1) is 24.4 Å². The van der Waals surface area contributed by atoms with E-state index in [-0.39, 0.29) is 6.09 Å². The van der Waals surface area contributed by atoms with E-state index < -0.39 is 11.1 Å². The molecule has 1 aromatic rings. The molecule has 22 heavy (non-hydrogen) atoms. The second-order valence-corrected chi connectivity index (χ2v) is 7.69. The van der Waals surface area contributed by atoms with Gasteiger partial charge in [0.1, 0.15) is 5.60 Å². The lowest BCUT2D eigenvalue weighted by Crippen LogP contribution is -2.51. The van der Waals surface area contributed by atoms with Crippen molar-refractivity contribution in [3.8, 4) is 0 Å². The number of aromatic nitrogens is 1. The Hall–Kier alpha value is -1.14. The van der Waals surface area contributed by atoms with E-state index in [1.807, 2.05) is 46.8 Å². The van der Waals surface area contributed by atoms with Gasteiger partial charge in [-0.25, -0.2) is 4.79 Å². The minimum absolute atomic E-state index is 0.352. The van der Waals surface area contributed by atoms with Crippen LogP contribution in [0.1, 0.15) is 40.3 Å². The molecule has 0 N–H and O–H groups in total. The molecule has 1 aromatic heterocycles. The summed E-state index contributed by atoms with van der Waals surface area (Å²) in [6.07, 6.45) is 1.33. The second-order valence-electron chi connectivity index (χ2n) is 6.78. The van der Waals surface area contributed by atoms with E-state index >= 15 is 0 Å². The average molecular weight is 373 g/mol. The number of amides is 1. The fourth-order valence-electron chi connectivity index (χ4n) is 1.97. The molecule has 0 aliphatic rings. The molecule has 124 valence electrons. The van der Waals surface area contributed by atoms with Gasteiger partial charge in [-0.1, -0.05) is 15.9 Å². The third kappa shape index (κ3) is 5.93. The molecule has 0 unspecified atom stereocenters. The molecule has 0 fully saturated rings. The number of rotatable bonds is 5. The second kappa shape index (κ2) is 7.42. The SMILES string of the molecule is COCC(C)(C)N(Cc1cc(Br)ccn1)C(=O)OC(C)(C)C. The highest BCUT2D eigenvalue weighted by Gasteiger charge is 2.34. The van der Waals surface area contributed by atoms with Crippen molar-refractivity contribution >= 4 is 22.0 Å². The number of carbonyl (C=O) groups excluding carboxylic acids is 1. The van der Waals surface area contributed by atoms with Crippen LogP contribution in [0.25, 0.3) is 0 Å². The highest BCUT2D eigenvalue weighted by Crippen LogP contribution is 2.22. The molecule has 0 aliphatic carbocycles. The van der Waals surface area contributed by atoms with Crippen LogP contribution in [0.3, 0.4) is 0 Å². The number of methoxy groups -OCH3 is 1. The van der Waals surface area contributed by atoms with Crippen LogP contribution >= 0.6 is 15.9 Å². The van der Waals surface area contributed by atoms with Gasteiger partial charge in [0.2, 0.25) is 0 Å². The summed E-state index contributed by atoms with van der Waals surface area (Å²) in [7, 11) is 1.62. The first kappa shape index (κ1) is 18.9. The number of ether oxygens (including phenoxy) is 2. The fraction of sp³-hybridized carbons (Fsp3) is 0.625. The number of hydrogen-bond acceptors (Lipinski definition) is 4. The van der Waals surface area contributed by atoms with Gasteiger partial charge in [-0.05, 0) is 46.8 Å². The molecule has 0 bridgehead atoms. The van der Waals surface area contributed by atoms with Gasteiger partial charge >= 0.3 is 6.09 Å². The van der Waals surface area contributed by atoms with Crippen LogP contribution in [0, 0.1) is 0 Å². The molecule has 0 saturated carbocycles.